The Labute approximate surface area is 129 Å². The lowest BCUT2D eigenvalue weighted by atomic mass is 10.2. The van der Waals surface area contributed by atoms with Crippen molar-refractivity contribution < 1.29 is 33.1 Å². The van der Waals surface area contributed by atoms with E-state index in [1.54, 1.807) is 0 Å². The molecule has 1 aromatic carbocycles. The van der Waals surface area contributed by atoms with Crippen LogP contribution in [0.5, 0.6) is 11.5 Å². The van der Waals surface area contributed by atoms with E-state index < -0.39 is 22.7 Å². The van der Waals surface area contributed by atoms with Gasteiger partial charge in [-0.1, -0.05) is 0 Å². The van der Waals surface area contributed by atoms with Crippen LogP contribution in [0.1, 0.15) is 20.9 Å². The Hall–Kier alpha value is -3.36. The van der Waals surface area contributed by atoms with Crippen LogP contribution < -0.4 is 9.47 Å². The standard InChI is InChI=1S/C14H11NO8/c1-20-11-7-8(13(16)21-2)3-4-9(11)23-14(17)10-5-6-12(22-10)15(18)19/h3-7H,1-2H3. The lowest BCUT2D eigenvalue weighted by molar-refractivity contribution is -0.402. The van der Waals surface area contributed by atoms with E-state index in [2.05, 4.69) is 4.74 Å². The monoisotopic (exact) mass is 321 g/mol. The van der Waals surface area contributed by atoms with Gasteiger partial charge in [-0.05, 0) is 24.3 Å². The Morgan fingerprint density at radius 2 is 1.83 bits per heavy atom. The summed E-state index contributed by atoms with van der Waals surface area (Å²) in [5, 5.41) is 10.5. The Kier molecular flexibility index (Phi) is 4.60. The molecule has 0 aliphatic rings. The average Bonchev–Trinajstić information content (AvgIpc) is 3.04. The third kappa shape index (κ3) is 3.46. The number of furan rings is 1. The van der Waals surface area contributed by atoms with Crippen molar-refractivity contribution >= 4 is 17.8 Å². The Morgan fingerprint density at radius 1 is 1.09 bits per heavy atom. The molecule has 0 saturated heterocycles. The minimum Gasteiger partial charge on any atom is -0.493 e. The second kappa shape index (κ2) is 6.60. The average molecular weight is 321 g/mol. The summed E-state index contributed by atoms with van der Waals surface area (Å²) in [6.07, 6.45) is 0. The molecular weight excluding hydrogens is 310 g/mol. The maximum absolute atomic E-state index is 11.9. The molecule has 0 unspecified atom stereocenters. The summed E-state index contributed by atoms with van der Waals surface area (Å²) in [6.45, 7) is 0. The number of nitrogens with zero attached hydrogens (tertiary/aromatic N) is 1. The third-order valence-corrected chi connectivity index (χ3v) is 2.76. The lowest BCUT2D eigenvalue weighted by Crippen LogP contribution is -2.09. The van der Waals surface area contributed by atoms with Crippen LogP contribution in [0.3, 0.4) is 0 Å². The zero-order chi connectivity index (χ0) is 17.0. The first-order chi connectivity index (χ1) is 11.0. The van der Waals surface area contributed by atoms with Crippen molar-refractivity contribution in [3.8, 4) is 11.5 Å². The SMILES string of the molecule is COC(=O)c1ccc(OC(=O)c2ccc([N+](=O)[O-])o2)c(OC)c1. The molecule has 0 aliphatic carbocycles. The van der Waals surface area contributed by atoms with E-state index in [0.29, 0.717) is 0 Å². The fraction of sp³-hybridized carbons (Fsp3) is 0.143. The highest BCUT2D eigenvalue weighted by Crippen LogP contribution is 2.29. The lowest BCUT2D eigenvalue weighted by Gasteiger charge is -2.09. The molecule has 2 rings (SSSR count). The molecule has 9 nitrogen and oxygen atoms in total. The molecule has 0 spiro atoms. The molecule has 0 radical (unpaired) electrons. The number of ether oxygens (including phenoxy) is 3. The summed E-state index contributed by atoms with van der Waals surface area (Å²) in [5.74, 6) is -2.31. The predicted octanol–water partition coefficient (Wildman–Crippen LogP) is 2.20. The highest BCUT2D eigenvalue weighted by atomic mass is 16.7. The van der Waals surface area contributed by atoms with E-state index in [9.17, 15) is 19.7 Å². The number of hydrogen-bond donors (Lipinski definition) is 0. The van der Waals surface area contributed by atoms with Crippen molar-refractivity contribution in [3.05, 3.63) is 51.8 Å². The van der Waals surface area contributed by atoms with Crippen LogP contribution in [-0.2, 0) is 4.74 Å². The van der Waals surface area contributed by atoms with Crippen LogP contribution >= 0.6 is 0 Å². The van der Waals surface area contributed by atoms with Gasteiger partial charge in [0.25, 0.3) is 0 Å². The summed E-state index contributed by atoms with van der Waals surface area (Å²) < 4.78 is 19.4. The van der Waals surface area contributed by atoms with Crippen molar-refractivity contribution in [2.45, 2.75) is 0 Å². The number of esters is 2. The molecule has 0 atom stereocenters. The van der Waals surface area contributed by atoms with Gasteiger partial charge in [0.1, 0.15) is 4.92 Å². The number of rotatable bonds is 5. The first-order valence-electron chi connectivity index (χ1n) is 6.19. The zero-order valence-corrected chi connectivity index (χ0v) is 12.1. The smallest absolute Gasteiger partial charge is 0.433 e. The number of benzene rings is 1. The van der Waals surface area contributed by atoms with E-state index in [1.807, 2.05) is 0 Å². The van der Waals surface area contributed by atoms with Crippen molar-refractivity contribution in [1.29, 1.82) is 0 Å². The van der Waals surface area contributed by atoms with E-state index in [-0.39, 0.29) is 22.8 Å². The fourth-order valence-electron chi connectivity index (χ4n) is 1.68. The van der Waals surface area contributed by atoms with Crippen LogP contribution in [0, 0.1) is 10.1 Å². The van der Waals surface area contributed by atoms with Crippen LogP contribution in [0.15, 0.2) is 34.7 Å². The molecule has 23 heavy (non-hydrogen) atoms. The van der Waals surface area contributed by atoms with Crippen LogP contribution in [0.4, 0.5) is 5.88 Å². The van der Waals surface area contributed by atoms with Gasteiger partial charge in [-0.3, -0.25) is 10.1 Å². The van der Waals surface area contributed by atoms with Gasteiger partial charge in [0.2, 0.25) is 5.76 Å². The number of carbonyl (C=O) groups is 2. The first kappa shape index (κ1) is 16.0. The van der Waals surface area contributed by atoms with Crippen molar-refractivity contribution in [1.82, 2.24) is 0 Å². The van der Waals surface area contributed by atoms with Gasteiger partial charge in [0.15, 0.2) is 11.5 Å². The molecule has 120 valence electrons. The summed E-state index contributed by atoms with van der Waals surface area (Å²) in [6, 6.07) is 6.20. The first-order valence-corrected chi connectivity index (χ1v) is 6.19. The number of hydrogen-bond acceptors (Lipinski definition) is 8. The third-order valence-electron chi connectivity index (χ3n) is 2.76. The quantitative estimate of drug-likeness (QED) is 0.356. The highest BCUT2D eigenvalue weighted by Gasteiger charge is 2.21. The van der Waals surface area contributed by atoms with Gasteiger partial charge in [0.05, 0.1) is 25.8 Å². The van der Waals surface area contributed by atoms with E-state index >= 15 is 0 Å². The molecule has 0 aliphatic heterocycles. The summed E-state index contributed by atoms with van der Waals surface area (Å²) in [4.78, 5) is 33.1. The number of carbonyl (C=O) groups excluding carboxylic acids is 2. The summed E-state index contributed by atoms with van der Waals surface area (Å²) in [5.41, 5.74) is 0.206. The largest absolute Gasteiger partial charge is 0.493 e. The highest BCUT2D eigenvalue weighted by molar-refractivity contribution is 5.91. The molecule has 9 heteroatoms. The van der Waals surface area contributed by atoms with Gasteiger partial charge in [-0.25, -0.2) is 9.59 Å². The Morgan fingerprint density at radius 3 is 2.39 bits per heavy atom. The molecule has 0 fully saturated rings. The van der Waals surface area contributed by atoms with Gasteiger partial charge >= 0.3 is 17.8 Å². The topological polar surface area (TPSA) is 118 Å². The van der Waals surface area contributed by atoms with E-state index in [1.165, 1.54) is 32.4 Å². The van der Waals surface area contributed by atoms with Crippen LogP contribution in [0.2, 0.25) is 0 Å². The Balaban J connectivity index is 2.22. The zero-order valence-electron chi connectivity index (χ0n) is 12.1. The normalized spacial score (nSPS) is 10.0. The predicted molar refractivity (Wildman–Crippen MR) is 74.7 cm³/mol. The van der Waals surface area contributed by atoms with Gasteiger partial charge < -0.3 is 18.6 Å². The van der Waals surface area contributed by atoms with Gasteiger partial charge in [0, 0.05) is 0 Å². The molecule has 0 saturated carbocycles. The molecule has 1 aromatic heterocycles. The summed E-state index contributed by atoms with van der Waals surface area (Å²) >= 11 is 0. The second-order valence-corrected chi connectivity index (χ2v) is 4.14. The minimum absolute atomic E-state index is 0.0178. The minimum atomic E-state index is -0.942. The van der Waals surface area contributed by atoms with E-state index in [0.717, 1.165) is 12.1 Å². The van der Waals surface area contributed by atoms with Crippen LogP contribution in [0.25, 0.3) is 0 Å². The Bertz CT molecular complexity index is 764. The molecule has 2 aromatic rings. The molecular formula is C14H11NO8. The van der Waals surface area contributed by atoms with Crippen LogP contribution in [-0.4, -0.2) is 31.1 Å². The number of nitro groups is 1. The maximum Gasteiger partial charge on any atom is 0.433 e. The molecule has 0 bridgehead atoms. The number of methoxy groups -OCH3 is 2. The van der Waals surface area contributed by atoms with Gasteiger partial charge in [-0.15, -0.1) is 0 Å². The van der Waals surface area contributed by atoms with Crippen molar-refractivity contribution in [2.75, 3.05) is 14.2 Å². The fourth-order valence-corrected chi connectivity index (χ4v) is 1.68. The van der Waals surface area contributed by atoms with Gasteiger partial charge in [-0.2, -0.15) is 0 Å². The van der Waals surface area contributed by atoms with Crippen molar-refractivity contribution in [2.24, 2.45) is 0 Å². The molecule has 0 amide bonds. The summed E-state index contributed by atoms with van der Waals surface area (Å²) in [7, 11) is 2.55. The second-order valence-electron chi connectivity index (χ2n) is 4.14. The maximum atomic E-state index is 11.9. The van der Waals surface area contributed by atoms with Crippen molar-refractivity contribution in [3.63, 3.8) is 0 Å². The molecule has 1 heterocycles. The molecule has 0 N–H and O–H groups in total. The van der Waals surface area contributed by atoms with E-state index in [4.69, 9.17) is 13.9 Å².